The van der Waals surface area contributed by atoms with Crippen molar-refractivity contribution in [2.24, 2.45) is 0 Å². The lowest BCUT2D eigenvalue weighted by atomic mass is 10.2. The Morgan fingerprint density at radius 3 is 2.76 bits per heavy atom. The van der Waals surface area contributed by atoms with Gasteiger partial charge >= 0.3 is 0 Å². The van der Waals surface area contributed by atoms with Gasteiger partial charge in [-0.2, -0.15) is 10.2 Å². The van der Waals surface area contributed by atoms with Gasteiger partial charge in [-0.1, -0.05) is 6.07 Å². The number of hydrogen-bond donors (Lipinski definition) is 0. The predicted molar refractivity (Wildman–Crippen MR) is 80.3 cm³/mol. The number of aryl methyl sites for hydroxylation is 1. The Kier molecular flexibility index (Phi) is 2.57. The molecular formula is C16H13N5. The van der Waals surface area contributed by atoms with Crippen molar-refractivity contribution in [1.29, 1.82) is 0 Å². The van der Waals surface area contributed by atoms with Gasteiger partial charge in [-0.05, 0) is 43.3 Å². The lowest BCUT2D eigenvalue weighted by Crippen LogP contribution is -2.02. The molecule has 0 aliphatic carbocycles. The average molecular weight is 275 g/mol. The summed E-state index contributed by atoms with van der Waals surface area (Å²) in [5, 5.41) is 8.62. The average Bonchev–Trinajstić information content (AvgIpc) is 3.15. The molecule has 5 nitrogen and oxygen atoms in total. The smallest absolute Gasteiger partial charge is 0.154 e. The Morgan fingerprint density at radius 2 is 1.86 bits per heavy atom. The number of rotatable bonds is 2. The van der Waals surface area contributed by atoms with Gasteiger partial charge in [-0.3, -0.25) is 0 Å². The van der Waals surface area contributed by atoms with Crippen molar-refractivity contribution >= 4 is 5.52 Å². The SMILES string of the molecule is Cc1cccc(-n2nccc2-c2ccn3nccc3c2)n1. The lowest BCUT2D eigenvalue weighted by Gasteiger charge is -2.07. The van der Waals surface area contributed by atoms with Crippen LogP contribution < -0.4 is 0 Å². The normalized spacial score (nSPS) is 11.1. The minimum atomic E-state index is 0.823. The molecular weight excluding hydrogens is 262 g/mol. The molecule has 4 heterocycles. The van der Waals surface area contributed by atoms with Gasteiger partial charge in [-0.15, -0.1) is 0 Å². The summed E-state index contributed by atoms with van der Waals surface area (Å²) in [6, 6.07) is 14.0. The van der Waals surface area contributed by atoms with Crippen molar-refractivity contribution in [3.63, 3.8) is 0 Å². The number of nitrogens with zero attached hydrogens (tertiary/aromatic N) is 5. The number of fused-ring (bicyclic) bond motifs is 1. The van der Waals surface area contributed by atoms with E-state index in [0.717, 1.165) is 28.3 Å². The van der Waals surface area contributed by atoms with Gasteiger partial charge in [0, 0.05) is 23.7 Å². The fourth-order valence-corrected chi connectivity index (χ4v) is 2.43. The molecule has 0 radical (unpaired) electrons. The molecule has 0 bridgehead atoms. The zero-order chi connectivity index (χ0) is 14.2. The summed E-state index contributed by atoms with van der Waals surface area (Å²) in [6.45, 7) is 1.98. The summed E-state index contributed by atoms with van der Waals surface area (Å²) in [6.07, 6.45) is 5.53. The van der Waals surface area contributed by atoms with E-state index < -0.39 is 0 Å². The Labute approximate surface area is 121 Å². The fourth-order valence-electron chi connectivity index (χ4n) is 2.43. The van der Waals surface area contributed by atoms with Gasteiger partial charge < -0.3 is 0 Å². The van der Waals surface area contributed by atoms with E-state index >= 15 is 0 Å². The molecule has 102 valence electrons. The van der Waals surface area contributed by atoms with Crippen LogP contribution in [0.2, 0.25) is 0 Å². The fraction of sp³-hybridized carbons (Fsp3) is 0.0625. The molecule has 0 spiro atoms. The van der Waals surface area contributed by atoms with Gasteiger partial charge in [-0.25, -0.2) is 14.2 Å². The van der Waals surface area contributed by atoms with E-state index in [0.29, 0.717) is 0 Å². The van der Waals surface area contributed by atoms with Gasteiger partial charge in [0.15, 0.2) is 5.82 Å². The molecule has 4 aromatic rings. The van der Waals surface area contributed by atoms with Crippen LogP contribution in [0.3, 0.4) is 0 Å². The Bertz CT molecular complexity index is 919. The van der Waals surface area contributed by atoms with Crippen LogP contribution in [0.1, 0.15) is 5.69 Å². The van der Waals surface area contributed by atoms with E-state index in [1.54, 1.807) is 12.4 Å². The highest BCUT2D eigenvalue weighted by molar-refractivity contribution is 5.67. The van der Waals surface area contributed by atoms with Crippen LogP contribution in [0.4, 0.5) is 0 Å². The van der Waals surface area contributed by atoms with E-state index in [-0.39, 0.29) is 0 Å². The zero-order valence-electron chi connectivity index (χ0n) is 11.5. The molecule has 0 amide bonds. The van der Waals surface area contributed by atoms with Crippen molar-refractivity contribution < 1.29 is 0 Å². The predicted octanol–water partition coefficient (Wildman–Crippen LogP) is 2.89. The summed E-state index contributed by atoms with van der Waals surface area (Å²) in [5.41, 5.74) is 4.12. The second-order valence-electron chi connectivity index (χ2n) is 4.88. The molecule has 4 aromatic heterocycles. The molecule has 0 N–H and O–H groups in total. The lowest BCUT2D eigenvalue weighted by molar-refractivity contribution is 0.847. The third kappa shape index (κ3) is 1.99. The van der Waals surface area contributed by atoms with Gasteiger partial charge in [0.25, 0.3) is 0 Å². The number of hydrogen-bond acceptors (Lipinski definition) is 3. The van der Waals surface area contributed by atoms with Crippen LogP contribution in [-0.4, -0.2) is 24.4 Å². The standard InChI is InChI=1S/C16H13N5/c1-12-3-2-4-16(19-12)21-15(6-9-18-21)13-7-10-20-14(11-13)5-8-17-20/h2-11H,1H3. The van der Waals surface area contributed by atoms with E-state index in [1.807, 2.05) is 58.7 Å². The Balaban J connectivity index is 1.88. The Morgan fingerprint density at radius 1 is 0.952 bits per heavy atom. The van der Waals surface area contributed by atoms with Crippen LogP contribution in [0.5, 0.6) is 0 Å². The maximum absolute atomic E-state index is 4.54. The first kappa shape index (κ1) is 11.8. The van der Waals surface area contributed by atoms with Crippen LogP contribution in [0, 0.1) is 6.92 Å². The van der Waals surface area contributed by atoms with Gasteiger partial charge in [0.2, 0.25) is 0 Å². The largest absolute Gasteiger partial charge is 0.241 e. The van der Waals surface area contributed by atoms with E-state index in [1.165, 1.54) is 0 Å². The van der Waals surface area contributed by atoms with Gasteiger partial charge in [0.1, 0.15) is 0 Å². The van der Waals surface area contributed by atoms with E-state index in [4.69, 9.17) is 0 Å². The summed E-state index contributed by atoms with van der Waals surface area (Å²) < 4.78 is 3.70. The van der Waals surface area contributed by atoms with Gasteiger partial charge in [0.05, 0.1) is 17.4 Å². The maximum Gasteiger partial charge on any atom is 0.154 e. The first-order valence-electron chi connectivity index (χ1n) is 6.73. The third-order valence-corrected chi connectivity index (χ3v) is 3.43. The maximum atomic E-state index is 4.54. The first-order chi connectivity index (χ1) is 10.3. The molecule has 0 unspecified atom stereocenters. The van der Waals surface area contributed by atoms with Crippen molar-refractivity contribution in [2.45, 2.75) is 6.92 Å². The molecule has 0 saturated carbocycles. The molecule has 0 aliphatic heterocycles. The summed E-state index contributed by atoms with van der Waals surface area (Å²) in [7, 11) is 0. The van der Waals surface area contributed by atoms with Crippen molar-refractivity contribution in [2.75, 3.05) is 0 Å². The zero-order valence-corrected chi connectivity index (χ0v) is 11.5. The monoisotopic (exact) mass is 275 g/mol. The van der Waals surface area contributed by atoms with Crippen LogP contribution in [-0.2, 0) is 0 Å². The first-order valence-corrected chi connectivity index (χ1v) is 6.73. The molecule has 21 heavy (non-hydrogen) atoms. The van der Waals surface area contributed by atoms with Crippen LogP contribution in [0.15, 0.2) is 61.1 Å². The topological polar surface area (TPSA) is 48.0 Å². The van der Waals surface area contributed by atoms with E-state index in [9.17, 15) is 0 Å². The van der Waals surface area contributed by atoms with Crippen LogP contribution >= 0.6 is 0 Å². The summed E-state index contributed by atoms with van der Waals surface area (Å²) in [5.74, 6) is 0.823. The highest BCUT2D eigenvalue weighted by Gasteiger charge is 2.09. The molecule has 0 aliphatic rings. The molecule has 0 aromatic carbocycles. The highest BCUT2D eigenvalue weighted by Crippen LogP contribution is 2.22. The Hall–Kier alpha value is -2.95. The van der Waals surface area contributed by atoms with Crippen molar-refractivity contribution in [3.05, 3.63) is 66.7 Å². The number of pyridine rings is 2. The van der Waals surface area contributed by atoms with E-state index in [2.05, 4.69) is 21.2 Å². The minimum absolute atomic E-state index is 0.823. The quantitative estimate of drug-likeness (QED) is 0.565. The molecule has 0 fully saturated rings. The number of aromatic nitrogens is 5. The summed E-state index contributed by atoms with van der Waals surface area (Å²) >= 11 is 0. The minimum Gasteiger partial charge on any atom is -0.241 e. The highest BCUT2D eigenvalue weighted by atomic mass is 15.3. The summed E-state index contributed by atoms with van der Waals surface area (Å²) in [4.78, 5) is 4.54. The second-order valence-corrected chi connectivity index (χ2v) is 4.88. The third-order valence-electron chi connectivity index (χ3n) is 3.43. The van der Waals surface area contributed by atoms with Crippen LogP contribution in [0.25, 0.3) is 22.6 Å². The van der Waals surface area contributed by atoms with Crippen molar-refractivity contribution in [1.82, 2.24) is 24.4 Å². The second kappa shape index (κ2) is 4.56. The molecule has 4 rings (SSSR count). The molecule has 0 atom stereocenters. The molecule has 5 heteroatoms. The molecule has 0 saturated heterocycles. The van der Waals surface area contributed by atoms with Crippen molar-refractivity contribution in [3.8, 4) is 17.1 Å².